The first-order valence-corrected chi connectivity index (χ1v) is 11.3. The number of allylic oxidation sites excluding steroid dienone is 3. The van der Waals surface area contributed by atoms with E-state index in [0.29, 0.717) is 17.4 Å². The lowest BCUT2D eigenvalue weighted by Crippen LogP contribution is -2.47. The molecule has 3 nitrogen and oxygen atoms in total. The Morgan fingerprint density at radius 1 is 1.00 bits per heavy atom. The number of esters is 1. The Hall–Kier alpha value is -1.87. The van der Waals surface area contributed by atoms with Gasteiger partial charge < -0.3 is 9.84 Å². The summed E-state index contributed by atoms with van der Waals surface area (Å²) in [5.41, 5.74) is 3.90. The normalized spacial score (nSPS) is 40.8. The molecule has 4 aliphatic carbocycles. The highest BCUT2D eigenvalue weighted by Crippen LogP contribution is 2.63. The van der Waals surface area contributed by atoms with Gasteiger partial charge in [-0.3, -0.25) is 0 Å². The van der Waals surface area contributed by atoms with E-state index in [-0.39, 0.29) is 29.0 Å². The van der Waals surface area contributed by atoms with Gasteiger partial charge in [0.25, 0.3) is 0 Å². The first-order valence-electron chi connectivity index (χ1n) is 11.3. The number of carbonyl (C=O) groups is 1. The van der Waals surface area contributed by atoms with Gasteiger partial charge in [0.2, 0.25) is 0 Å². The fourth-order valence-electron chi connectivity index (χ4n) is 6.90. The fraction of sp³-hybridized carbons (Fsp3) is 0.577. The molecule has 3 heteroatoms. The van der Waals surface area contributed by atoms with Gasteiger partial charge in [0.05, 0.1) is 11.7 Å². The first kappa shape index (κ1) is 19.1. The zero-order chi connectivity index (χ0) is 20.2. The van der Waals surface area contributed by atoms with Crippen LogP contribution in [0.2, 0.25) is 0 Å². The summed E-state index contributed by atoms with van der Waals surface area (Å²) < 4.78 is 6.08. The third kappa shape index (κ3) is 2.92. The van der Waals surface area contributed by atoms with Crippen LogP contribution in [0, 0.1) is 22.7 Å². The maximum atomic E-state index is 12.7. The second kappa shape index (κ2) is 6.84. The van der Waals surface area contributed by atoms with E-state index in [0.717, 1.165) is 44.9 Å². The van der Waals surface area contributed by atoms with Crippen molar-refractivity contribution in [1.29, 1.82) is 0 Å². The van der Waals surface area contributed by atoms with Gasteiger partial charge in [-0.05, 0) is 74.3 Å². The maximum absolute atomic E-state index is 12.7. The molecule has 1 aromatic carbocycles. The predicted molar refractivity (Wildman–Crippen MR) is 113 cm³/mol. The van der Waals surface area contributed by atoms with Crippen molar-refractivity contribution in [2.45, 2.75) is 71.0 Å². The number of hydrogen-bond acceptors (Lipinski definition) is 3. The van der Waals surface area contributed by atoms with Crippen molar-refractivity contribution in [3.63, 3.8) is 0 Å². The van der Waals surface area contributed by atoms with Crippen molar-refractivity contribution >= 4 is 5.97 Å². The highest BCUT2D eigenvalue weighted by molar-refractivity contribution is 5.89. The van der Waals surface area contributed by atoms with E-state index in [9.17, 15) is 9.90 Å². The molecule has 3 saturated carbocycles. The van der Waals surface area contributed by atoms with Gasteiger partial charge in [-0.15, -0.1) is 0 Å². The molecule has 0 heterocycles. The van der Waals surface area contributed by atoms with Crippen LogP contribution >= 0.6 is 0 Å². The number of fused-ring (bicyclic) bond motifs is 5. The van der Waals surface area contributed by atoms with E-state index in [1.54, 1.807) is 5.57 Å². The van der Waals surface area contributed by atoms with Crippen molar-refractivity contribution in [3.05, 3.63) is 59.2 Å². The second-order valence-corrected chi connectivity index (χ2v) is 10.2. The minimum Gasteiger partial charge on any atom is -0.458 e. The Kier molecular flexibility index (Phi) is 4.51. The van der Waals surface area contributed by atoms with Gasteiger partial charge >= 0.3 is 5.97 Å². The van der Waals surface area contributed by atoms with Crippen molar-refractivity contribution in [1.82, 2.24) is 0 Å². The van der Waals surface area contributed by atoms with Gasteiger partial charge in [-0.1, -0.05) is 55.3 Å². The molecule has 5 rings (SSSR count). The Balaban J connectivity index is 1.40. The van der Waals surface area contributed by atoms with E-state index in [4.69, 9.17) is 4.74 Å². The molecule has 0 radical (unpaired) electrons. The Bertz CT molecular complexity index is 869. The van der Waals surface area contributed by atoms with Crippen LogP contribution in [0.15, 0.2) is 53.6 Å². The number of aliphatic hydroxyl groups is 1. The number of benzene rings is 1. The van der Waals surface area contributed by atoms with E-state index in [1.165, 1.54) is 5.57 Å². The van der Waals surface area contributed by atoms with Crippen molar-refractivity contribution in [3.8, 4) is 0 Å². The second-order valence-electron chi connectivity index (χ2n) is 10.2. The summed E-state index contributed by atoms with van der Waals surface area (Å²) in [6.07, 6.45) is 11.6. The zero-order valence-electron chi connectivity index (χ0n) is 17.6. The van der Waals surface area contributed by atoms with Gasteiger partial charge in [-0.25, -0.2) is 4.79 Å². The molecule has 1 N–H and O–H groups in total. The number of aliphatic hydroxyl groups excluding tert-OH is 1. The zero-order valence-corrected chi connectivity index (χ0v) is 17.6. The monoisotopic (exact) mass is 392 g/mol. The summed E-state index contributed by atoms with van der Waals surface area (Å²) in [7, 11) is 0. The molecule has 1 aromatic rings. The Morgan fingerprint density at radius 2 is 1.79 bits per heavy atom. The van der Waals surface area contributed by atoms with Gasteiger partial charge in [0, 0.05) is 5.41 Å². The summed E-state index contributed by atoms with van der Waals surface area (Å²) in [6, 6.07) is 9.37. The van der Waals surface area contributed by atoms with Crippen LogP contribution < -0.4 is 0 Å². The summed E-state index contributed by atoms with van der Waals surface area (Å²) >= 11 is 0. The molecule has 6 atom stereocenters. The van der Waals surface area contributed by atoms with Gasteiger partial charge in [0.15, 0.2) is 0 Å². The average Bonchev–Trinajstić information content (AvgIpc) is 3.05. The Morgan fingerprint density at radius 3 is 2.59 bits per heavy atom. The molecule has 3 fully saturated rings. The summed E-state index contributed by atoms with van der Waals surface area (Å²) in [6.45, 7) is 4.77. The predicted octanol–water partition coefficient (Wildman–Crippen LogP) is 5.46. The summed E-state index contributed by atoms with van der Waals surface area (Å²) in [5, 5.41) is 10.2. The lowest BCUT2D eigenvalue weighted by atomic mass is 9.51. The lowest BCUT2D eigenvalue weighted by Gasteiger charge is -2.54. The van der Waals surface area contributed by atoms with E-state index in [1.807, 2.05) is 30.3 Å². The first-order chi connectivity index (χ1) is 13.9. The maximum Gasteiger partial charge on any atom is 0.338 e. The van der Waals surface area contributed by atoms with Crippen LogP contribution in [0.4, 0.5) is 0 Å². The van der Waals surface area contributed by atoms with Crippen LogP contribution in [-0.2, 0) is 4.74 Å². The molecular formula is C26H32O3. The molecule has 0 aliphatic heterocycles. The average molecular weight is 393 g/mol. The summed E-state index contributed by atoms with van der Waals surface area (Å²) in [4.78, 5) is 12.7. The van der Waals surface area contributed by atoms with Gasteiger partial charge in [-0.2, -0.15) is 0 Å². The lowest BCUT2D eigenvalue weighted by molar-refractivity contribution is -0.0263. The van der Waals surface area contributed by atoms with Crippen LogP contribution in [0.5, 0.6) is 0 Å². The molecule has 6 unspecified atom stereocenters. The smallest absolute Gasteiger partial charge is 0.338 e. The number of carbonyl (C=O) groups excluding carboxylic acids is 1. The molecule has 0 spiro atoms. The standard InChI is InChI=1S/C26H32O3/c1-25-14-12-19(27)16-18(25)8-9-20-21-10-11-23(26(21,2)15-13-22(20)25)29-24(28)17-6-4-3-5-7-17/h3-9,19,21-23,27H,10-16H2,1-2H3. The van der Waals surface area contributed by atoms with E-state index >= 15 is 0 Å². The van der Waals surface area contributed by atoms with Gasteiger partial charge in [0.1, 0.15) is 6.10 Å². The molecule has 0 bridgehead atoms. The topological polar surface area (TPSA) is 46.5 Å². The minimum atomic E-state index is -0.187. The van der Waals surface area contributed by atoms with Crippen LogP contribution in [0.25, 0.3) is 0 Å². The highest BCUT2D eigenvalue weighted by Gasteiger charge is 2.57. The fourth-order valence-corrected chi connectivity index (χ4v) is 6.90. The quantitative estimate of drug-likeness (QED) is 0.680. The molecule has 154 valence electrons. The SMILES string of the molecule is CC12CCC(O)CC1=CC=C1C2CCC2(C)C(OC(=O)c3ccccc3)CCC12. The van der Waals surface area contributed by atoms with E-state index in [2.05, 4.69) is 26.0 Å². The van der Waals surface area contributed by atoms with Crippen molar-refractivity contribution < 1.29 is 14.6 Å². The highest BCUT2D eigenvalue weighted by atomic mass is 16.5. The molecule has 29 heavy (non-hydrogen) atoms. The van der Waals surface area contributed by atoms with Crippen LogP contribution in [0.1, 0.15) is 69.2 Å². The third-order valence-corrected chi connectivity index (χ3v) is 8.72. The number of hydrogen-bond donors (Lipinski definition) is 1. The number of rotatable bonds is 2. The molecule has 0 aromatic heterocycles. The number of ether oxygens (including phenoxy) is 1. The van der Waals surface area contributed by atoms with E-state index < -0.39 is 0 Å². The molecule has 0 amide bonds. The van der Waals surface area contributed by atoms with Crippen LogP contribution in [0.3, 0.4) is 0 Å². The largest absolute Gasteiger partial charge is 0.458 e. The third-order valence-electron chi connectivity index (χ3n) is 8.72. The summed E-state index contributed by atoms with van der Waals surface area (Å²) in [5.74, 6) is 0.889. The van der Waals surface area contributed by atoms with Crippen molar-refractivity contribution in [2.24, 2.45) is 22.7 Å². The Labute approximate surface area is 173 Å². The molecule has 4 aliphatic rings. The minimum absolute atomic E-state index is 0.00610. The van der Waals surface area contributed by atoms with Crippen LogP contribution in [-0.4, -0.2) is 23.3 Å². The van der Waals surface area contributed by atoms with Crippen molar-refractivity contribution in [2.75, 3.05) is 0 Å². The molecule has 0 saturated heterocycles. The molecular weight excluding hydrogens is 360 g/mol.